The number of furan rings is 1. The molecule has 1 aromatic carbocycles. The molecule has 6 nitrogen and oxygen atoms in total. The van der Waals surface area contributed by atoms with E-state index in [1.165, 1.54) is 11.8 Å². The van der Waals surface area contributed by atoms with Crippen molar-refractivity contribution in [1.29, 1.82) is 0 Å². The van der Waals surface area contributed by atoms with Gasteiger partial charge in [0.1, 0.15) is 0 Å². The summed E-state index contributed by atoms with van der Waals surface area (Å²) in [7, 11) is 0. The summed E-state index contributed by atoms with van der Waals surface area (Å²) >= 11 is 16.5. The Morgan fingerprint density at radius 1 is 1.26 bits per heavy atom. The molecule has 1 amide bonds. The van der Waals surface area contributed by atoms with Crippen LogP contribution in [-0.4, -0.2) is 26.4 Å². The van der Waals surface area contributed by atoms with Gasteiger partial charge in [0.05, 0.1) is 5.75 Å². The molecular formula is C17H15BrCl2N4O2S. The molecule has 0 unspecified atom stereocenters. The number of amides is 1. The highest BCUT2D eigenvalue weighted by Crippen LogP contribution is 2.30. The third-order valence-corrected chi connectivity index (χ3v) is 5.26. The minimum absolute atomic E-state index is 0.0937. The number of thioether (sulfide) groups is 1. The Balaban J connectivity index is 1.72. The molecule has 0 saturated carbocycles. The van der Waals surface area contributed by atoms with Crippen LogP contribution in [0.5, 0.6) is 0 Å². The molecule has 0 fully saturated rings. The zero-order valence-electron chi connectivity index (χ0n) is 14.4. The second-order valence-electron chi connectivity index (χ2n) is 5.87. The minimum Gasteiger partial charge on any atom is -0.446 e. The van der Waals surface area contributed by atoms with Crippen LogP contribution < -0.4 is 5.32 Å². The maximum atomic E-state index is 12.3. The Labute approximate surface area is 178 Å². The number of halogens is 3. The number of carbonyl (C=O) groups is 1. The van der Waals surface area contributed by atoms with E-state index in [0.717, 1.165) is 0 Å². The molecule has 0 bridgehead atoms. The van der Waals surface area contributed by atoms with Crippen LogP contribution >= 0.6 is 50.9 Å². The lowest BCUT2D eigenvalue weighted by molar-refractivity contribution is -0.113. The lowest BCUT2D eigenvalue weighted by Crippen LogP contribution is -2.15. The number of carbonyl (C=O) groups excluding carboxylic acids is 1. The van der Waals surface area contributed by atoms with Gasteiger partial charge in [0.25, 0.3) is 0 Å². The van der Waals surface area contributed by atoms with Gasteiger partial charge in [0.15, 0.2) is 15.6 Å². The van der Waals surface area contributed by atoms with Crippen LogP contribution in [-0.2, 0) is 4.79 Å². The molecule has 0 radical (unpaired) electrons. The van der Waals surface area contributed by atoms with Crippen LogP contribution in [0.15, 0.2) is 44.6 Å². The van der Waals surface area contributed by atoms with Crippen molar-refractivity contribution in [3.05, 3.63) is 45.0 Å². The summed E-state index contributed by atoms with van der Waals surface area (Å²) in [5.74, 6) is 1.18. The highest BCUT2D eigenvalue weighted by Gasteiger charge is 2.20. The summed E-state index contributed by atoms with van der Waals surface area (Å²) in [5, 5.41) is 12.7. The van der Waals surface area contributed by atoms with E-state index in [4.69, 9.17) is 27.6 Å². The van der Waals surface area contributed by atoms with E-state index < -0.39 is 0 Å². The summed E-state index contributed by atoms with van der Waals surface area (Å²) in [4.78, 5) is 12.3. The van der Waals surface area contributed by atoms with Crippen molar-refractivity contribution in [3.8, 4) is 11.6 Å². The summed E-state index contributed by atoms with van der Waals surface area (Å²) < 4.78 is 8.13. The summed E-state index contributed by atoms with van der Waals surface area (Å²) in [6.07, 6.45) is 0. The van der Waals surface area contributed by atoms with Crippen LogP contribution in [0.2, 0.25) is 10.0 Å². The molecule has 10 heteroatoms. The smallest absolute Gasteiger partial charge is 0.234 e. The van der Waals surface area contributed by atoms with Crippen molar-refractivity contribution < 1.29 is 9.21 Å². The van der Waals surface area contributed by atoms with Crippen LogP contribution in [0.3, 0.4) is 0 Å². The molecule has 0 atom stereocenters. The van der Waals surface area contributed by atoms with Gasteiger partial charge in [-0.2, -0.15) is 0 Å². The number of aromatic nitrogens is 3. The average molecular weight is 490 g/mol. The first-order valence-electron chi connectivity index (χ1n) is 7.93. The SMILES string of the molecule is CC(C)n1c(SCC(=O)Nc2cc(Cl)cc(Cl)c2)nnc1-c1ccc(Br)o1. The maximum absolute atomic E-state index is 12.3. The number of nitrogens with one attached hydrogen (secondary N) is 1. The number of nitrogens with zero attached hydrogens (tertiary/aromatic N) is 3. The van der Waals surface area contributed by atoms with Crippen LogP contribution in [0.1, 0.15) is 19.9 Å². The van der Waals surface area contributed by atoms with E-state index in [0.29, 0.717) is 37.1 Å². The van der Waals surface area contributed by atoms with E-state index in [2.05, 4.69) is 31.4 Å². The molecule has 0 aliphatic heterocycles. The van der Waals surface area contributed by atoms with E-state index >= 15 is 0 Å². The van der Waals surface area contributed by atoms with Crippen LogP contribution in [0.25, 0.3) is 11.6 Å². The number of benzene rings is 1. The van der Waals surface area contributed by atoms with Gasteiger partial charge in [-0.05, 0) is 60.1 Å². The van der Waals surface area contributed by atoms with Gasteiger partial charge in [0.2, 0.25) is 11.7 Å². The lowest BCUT2D eigenvalue weighted by atomic mass is 10.3. The maximum Gasteiger partial charge on any atom is 0.234 e. The second kappa shape index (κ2) is 8.68. The molecule has 2 aromatic heterocycles. The largest absolute Gasteiger partial charge is 0.446 e. The van der Waals surface area contributed by atoms with E-state index in [9.17, 15) is 4.79 Å². The van der Waals surface area contributed by atoms with Crippen molar-refractivity contribution in [2.45, 2.75) is 25.0 Å². The molecule has 3 rings (SSSR count). The zero-order chi connectivity index (χ0) is 19.6. The molecule has 0 saturated heterocycles. The van der Waals surface area contributed by atoms with Crippen LogP contribution in [0.4, 0.5) is 5.69 Å². The highest BCUT2D eigenvalue weighted by atomic mass is 79.9. The van der Waals surface area contributed by atoms with Gasteiger partial charge in [-0.15, -0.1) is 10.2 Å². The number of anilines is 1. The van der Waals surface area contributed by atoms with E-state index in [-0.39, 0.29) is 17.7 Å². The Morgan fingerprint density at radius 2 is 1.96 bits per heavy atom. The fourth-order valence-corrected chi connectivity index (χ4v) is 4.10. The van der Waals surface area contributed by atoms with Gasteiger partial charge in [0, 0.05) is 21.8 Å². The molecule has 0 spiro atoms. The minimum atomic E-state index is -0.195. The summed E-state index contributed by atoms with van der Waals surface area (Å²) in [6, 6.07) is 8.59. The summed E-state index contributed by atoms with van der Waals surface area (Å²) in [5.41, 5.74) is 0.546. The van der Waals surface area contributed by atoms with Gasteiger partial charge in [-0.25, -0.2) is 0 Å². The first-order chi connectivity index (χ1) is 12.8. The topological polar surface area (TPSA) is 73.0 Å². The molecule has 3 aromatic rings. The number of rotatable bonds is 6. The predicted molar refractivity (Wildman–Crippen MR) is 112 cm³/mol. The fraction of sp³-hybridized carbons (Fsp3) is 0.235. The highest BCUT2D eigenvalue weighted by molar-refractivity contribution is 9.10. The van der Waals surface area contributed by atoms with Crippen molar-refractivity contribution in [1.82, 2.24) is 14.8 Å². The van der Waals surface area contributed by atoms with Crippen molar-refractivity contribution in [2.24, 2.45) is 0 Å². The van der Waals surface area contributed by atoms with E-state index in [1.807, 2.05) is 24.5 Å². The number of hydrogen-bond acceptors (Lipinski definition) is 5. The molecule has 1 N–H and O–H groups in total. The van der Waals surface area contributed by atoms with Crippen molar-refractivity contribution in [3.63, 3.8) is 0 Å². The molecule has 2 heterocycles. The van der Waals surface area contributed by atoms with Gasteiger partial charge < -0.3 is 9.73 Å². The first kappa shape index (κ1) is 20.3. The second-order valence-corrected chi connectivity index (χ2v) is 8.47. The quantitative estimate of drug-likeness (QED) is 0.435. The van der Waals surface area contributed by atoms with Crippen molar-refractivity contribution in [2.75, 3.05) is 11.1 Å². The molecule has 0 aliphatic carbocycles. The fourth-order valence-electron chi connectivity index (χ4n) is 2.40. The van der Waals surface area contributed by atoms with Gasteiger partial charge in [-0.3, -0.25) is 9.36 Å². The average Bonchev–Trinajstić information content (AvgIpc) is 3.17. The van der Waals surface area contributed by atoms with Gasteiger partial charge >= 0.3 is 0 Å². The lowest BCUT2D eigenvalue weighted by Gasteiger charge is -2.12. The molecule has 142 valence electrons. The first-order valence-corrected chi connectivity index (χ1v) is 10.5. The molecular weight excluding hydrogens is 475 g/mol. The summed E-state index contributed by atoms with van der Waals surface area (Å²) in [6.45, 7) is 4.03. The Morgan fingerprint density at radius 3 is 2.56 bits per heavy atom. The Bertz CT molecular complexity index is 954. The predicted octanol–water partition coefficient (Wildman–Crippen LogP) is 5.92. The third-order valence-electron chi connectivity index (χ3n) is 3.45. The standard InChI is InChI=1S/C17H15BrCl2N4O2S/c1-9(2)24-16(13-3-4-14(18)26-13)22-23-17(24)27-8-15(25)21-12-6-10(19)5-11(20)7-12/h3-7,9H,8H2,1-2H3,(H,21,25). The number of hydrogen-bond donors (Lipinski definition) is 1. The third kappa shape index (κ3) is 5.07. The Kier molecular flexibility index (Phi) is 6.52. The normalized spacial score (nSPS) is 11.2. The Hall–Kier alpha value is -1.48. The van der Waals surface area contributed by atoms with E-state index in [1.54, 1.807) is 24.3 Å². The molecule has 27 heavy (non-hydrogen) atoms. The van der Waals surface area contributed by atoms with Crippen molar-refractivity contribution >= 4 is 62.5 Å². The van der Waals surface area contributed by atoms with Gasteiger partial charge in [-0.1, -0.05) is 35.0 Å². The van der Waals surface area contributed by atoms with Crippen LogP contribution in [0, 0.1) is 0 Å². The monoisotopic (exact) mass is 488 g/mol. The zero-order valence-corrected chi connectivity index (χ0v) is 18.3. The molecule has 0 aliphatic rings.